The summed E-state index contributed by atoms with van der Waals surface area (Å²) in [5.41, 5.74) is 2.53. The fourth-order valence-electron chi connectivity index (χ4n) is 3.64. The predicted molar refractivity (Wildman–Crippen MR) is 118 cm³/mol. The summed E-state index contributed by atoms with van der Waals surface area (Å²) in [6.45, 7) is 2.74. The number of benzene rings is 1. The van der Waals surface area contributed by atoms with E-state index in [2.05, 4.69) is 32.7 Å². The predicted octanol–water partition coefficient (Wildman–Crippen LogP) is 3.44. The van der Waals surface area contributed by atoms with Crippen molar-refractivity contribution in [3.05, 3.63) is 41.9 Å². The lowest BCUT2D eigenvalue weighted by Gasteiger charge is -2.20. The van der Waals surface area contributed by atoms with Gasteiger partial charge in [-0.25, -0.2) is 9.97 Å². The quantitative estimate of drug-likeness (QED) is 0.500. The van der Waals surface area contributed by atoms with Crippen molar-refractivity contribution in [2.45, 2.75) is 38.8 Å². The standard InChI is InChI=1S/C23H28N4O3/c1-5-8-16(12-14-28)24-23-22-18(25-21(6-2)26-23)11-13-27(22)15-17-19(29-3)9-7-10-20(17)30-4/h2,7,9-11,13,16,28H,5,8,12,14-15H2,1,3-4H3,(H,24,25,26)/t16-/m0/s1. The molecule has 0 unspecified atom stereocenters. The van der Waals surface area contributed by atoms with Gasteiger partial charge >= 0.3 is 0 Å². The molecule has 2 N–H and O–H groups in total. The summed E-state index contributed by atoms with van der Waals surface area (Å²) in [4.78, 5) is 9.04. The topological polar surface area (TPSA) is 81.4 Å². The van der Waals surface area contributed by atoms with Crippen LogP contribution < -0.4 is 14.8 Å². The highest BCUT2D eigenvalue weighted by atomic mass is 16.5. The van der Waals surface area contributed by atoms with Crippen LogP contribution in [0.25, 0.3) is 11.0 Å². The fourth-order valence-corrected chi connectivity index (χ4v) is 3.64. The van der Waals surface area contributed by atoms with E-state index in [0.29, 0.717) is 24.6 Å². The first kappa shape index (κ1) is 21.5. The van der Waals surface area contributed by atoms with Crippen molar-refractivity contribution in [2.24, 2.45) is 0 Å². The van der Waals surface area contributed by atoms with Crippen molar-refractivity contribution < 1.29 is 14.6 Å². The maximum absolute atomic E-state index is 9.44. The van der Waals surface area contributed by atoms with Crippen molar-refractivity contribution in [3.8, 4) is 23.8 Å². The molecule has 2 heterocycles. The third-order valence-corrected chi connectivity index (χ3v) is 5.05. The van der Waals surface area contributed by atoms with Crippen molar-refractivity contribution in [1.82, 2.24) is 14.5 Å². The third kappa shape index (κ3) is 4.50. The molecule has 0 aliphatic carbocycles. The molecular formula is C23H28N4O3. The number of aromatic nitrogens is 3. The summed E-state index contributed by atoms with van der Waals surface area (Å²) in [5, 5.41) is 12.9. The van der Waals surface area contributed by atoms with Crippen molar-refractivity contribution in [1.29, 1.82) is 0 Å². The average Bonchev–Trinajstić information content (AvgIpc) is 3.17. The van der Waals surface area contributed by atoms with E-state index in [9.17, 15) is 5.11 Å². The van der Waals surface area contributed by atoms with E-state index in [1.54, 1.807) is 14.2 Å². The number of fused-ring (bicyclic) bond motifs is 1. The number of aliphatic hydroxyl groups excluding tert-OH is 1. The highest BCUT2D eigenvalue weighted by Crippen LogP contribution is 2.31. The molecule has 1 aromatic carbocycles. The molecule has 0 aliphatic rings. The molecule has 3 aromatic rings. The molecule has 0 radical (unpaired) electrons. The lowest BCUT2D eigenvalue weighted by atomic mass is 10.1. The van der Waals surface area contributed by atoms with Gasteiger partial charge in [-0.05, 0) is 37.0 Å². The first-order valence-corrected chi connectivity index (χ1v) is 10.1. The van der Waals surface area contributed by atoms with E-state index >= 15 is 0 Å². The van der Waals surface area contributed by atoms with Crippen LogP contribution in [0.5, 0.6) is 11.5 Å². The highest BCUT2D eigenvalue weighted by molar-refractivity contribution is 5.87. The average molecular weight is 409 g/mol. The molecule has 0 fully saturated rings. The Labute approximate surface area is 177 Å². The number of methoxy groups -OCH3 is 2. The molecule has 158 valence electrons. The molecule has 1 atom stereocenters. The highest BCUT2D eigenvalue weighted by Gasteiger charge is 2.18. The Morgan fingerprint density at radius 2 is 1.90 bits per heavy atom. The van der Waals surface area contributed by atoms with Crippen LogP contribution in [-0.4, -0.2) is 46.5 Å². The Bertz CT molecular complexity index is 1010. The number of anilines is 1. The van der Waals surface area contributed by atoms with Crippen molar-refractivity contribution in [2.75, 3.05) is 26.1 Å². The lowest BCUT2D eigenvalue weighted by molar-refractivity contribution is 0.276. The number of aliphatic hydroxyl groups is 1. The van der Waals surface area contributed by atoms with E-state index < -0.39 is 0 Å². The number of hydrogen-bond donors (Lipinski definition) is 2. The normalized spacial score (nSPS) is 11.8. The molecule has 7 heteroatoms. The van der Waals surface area contributed by atoms with E-state index in [-0.39, 0.29) is 12.6 Å². The minimum absolute atomic E-state index is 0.0906. The van der Waals surface area contributed by atoms with Gasteiger partial charge in [0.05, 0.1) is 31.8 Å². The Balaban J connectivity index is 2.08. The number of ether oxygens (including phenoxy) is 2. The second-order valence-electron chi connectivity index (χ2n) is 7.00. The fraction of sp³-hybridized carbons (Fsp3) is 0.391. The van der Waals surface area contributed by atoms with Crippen LogP contribution in [0.2, 0.25) is 0 Å². The molecule has 7 nitrogen and oxygen atoms in total. The Hall–Kier alpha value is -3.24. The lowest BCUT2D eigenvalue weighted by Crippen LogP contribution is -2.22. The third-order valence-electron chi connectivity index (χ3n) is 5.05. The minimum atomic E-state index is 0.0906. The van der Waals surface area contributed by atoms with E-state index in [4.69, 9.17) is 15.9 Å². The summed E-state index contributed by atoms with van der Waals surface area (Å²) >= 11 is 0. The van der Waals surface area contributed by atoms with Crippen LogP contribution in [0, 0.1) is 12.3 Å². The summed E-state index contributed by atoms with van der Waals surface area (Å²) in [6.07, 6.45) is 10.1. The molecule has 0 bridgehead atoms. The molecule has 0 amide bonds. The summed E-state index contributed by atoms with van der Waals surface area (Å²) in [6, 6.07) is 7.73. The minimum Gasteiger partial charge on any atom is -0.496 e. The van der Waals surface area contributed by atoms with E-state index in [0.717, 1.165) is 40.9 Å². The molecule has 0 spiro atoms. The van der Waals surface area contributed by atoms with E-state index in [1.807, 2.05) is 30.5 Å². The monoisotopic (exact) mass is 408 g/mol. The zero-order valence-corrected chi connectivity index (χ0v) is 17.7. The first-order valence-electron chi connectivity index (χ1n) is 10.1. The van der Waals surface area contributed by atoms with Gasteiger partial charge < -0.3 is 24.5 Å². The Morgan fingerprint density at radius 3 is 2.50 bits per heavy atom. The second kappa shape index (κ2) is 9.99. The van der Waals surface area contributed by atoms with Crippen molar-refractivity contribution >= 4 is 16.9 Å². The van der Waals surface area contributed by atoms with Gasteiger partial charge in [0.1, 0.15) is 17.0 Å². The van der Waals surface area contributed by atoms with Gasteiger partial charge in [-0.15, -0.1) is 6.42 Å². The maximum atomic E-state index is 9.44. The van der Waals surface area contributed by atoms with Gasteiger partial charge in [0, 0.05) is 18.8 Å². The maximum Gasteiger partial charge on any atom is 0.207 e. The smallest absolute Gasteiger partial charge is 0.207 e. The van der Waals surface area contributed by atoms with Crippen LogP contribution in [0.3, 0.4) is 0 Å². The van der Waals surface area contributed by atoms with Crippen molar-refractivity contribution in [3.63, 3.8) is 0 Å². The van der Waals surface area contributed by atoms with Crippen LogP contribution in [0.15, 0.2) is 30.5 Å². The Morgan fingerprint density at radius 1 is 1.17 bits per heavy atom. The molecule has 3 rings (SSSR count). The van der Waals surface area contributed by atoms with Gasteiger partial charge in [-0.2, -0.15) is 0 Å². The van der Waals surface area contributed by atoms with Gasteiger partial charge in [0.25, 0.3) is 0 Å². The molecule has 0 saturated carbocycles. The van der Waals surface area contributed by atoms with E-state index in [1.165, 1.54) is 0 Å². The summed E-state index contributed by atoms with van der Waals surface area (Å²) in [7, 11) is 3.29. The second-order valence-corrected chi connectivity index (χ2v) is 7.00. The number of nitrogens with one attached hydrogen (secondary N) is 1. The first-order chi connectivity index (χ1) is 14.6. The number of hydrogen-bond acceptors (Lipinski definition) is 6. The van der Waals surface area contributed by atoms with Crippen LogP contribution >= 0.6 is 0 Å². The molecule has 2 aromatic heterocycles. The molecule has 30 heavy (non-hydrogen) atoms. The van der Waals surface area contributed by atoms with Gasteiger partial charge in [-0.1, -0.05) is 19.4 Å². The van der Waals surface area contributed by atoms with Crippen LogP contribution in [0.4, 0.5) is 5.82 Å². The van der Waals surface area contributed by atoms with Crippen LogP contribution in [-0.2, 0) is 6.54 Å². The summed E-state index contributed by atoms with van der Waals surface area (Å²) in [5.74, 6) is 5.02. The zero-order chi connectivity index (χ0) is 21.5. The molecular weight excluding hydrogens is 380 g/mol. The largest absolute Gasteiger partial charge is 0.496 e. The van der Waals surface area contributed by atoms with Gasteiger partial charge in [0.15, 0.2) is 5.82 Å². The number of nitrogens with zero attached hydrogens (tertiary/aromatic N) is 3. The Kier molecular flexibility index (Phi) is 7.15. The molecule has 0 saturated heterocycles. The van der Waals surface area contributed by atoms with Gasteiger partial charge in [0.2, 0.25) is 5.82 Å². The summed E-state index contributed by atoms with van der Waals surface area (Å²) < 4.78 is 13.2. The zero-order valence-electron chi connectivity index (χ0n) is 17.7. The molecule has 0 aliphatic heterocycles. The SMILES string of the molecule is C#Cc1nc(N[C@@H](CCC)CCO)c2c(ccn2Cc2c(OC)cccc2OC)n1. The van der Waals surface area contributed by atoms with Crippen LogP contribution in [0.1, 0.15) is 37.6 Å². The number of rotatable bonds is 10. The number of terminal acetylenes is 1. The van der Waals surface area contributed by atoms with Gasteiger partial charge in [-0.3, -0.25) is 0 Å².